The first kappa shape index (κ1) is 13.3. The number of pyridine rings is 1. The van der Waals surface area contributed by atoms with Gasteiger partial charge in [-0.1, -0.05) is 30.3 Å². The van der Waals surface area contributed by atoms with Gasteiger partial charge in [-0.15, -0.1) is 0 Å². The van der Waals surface area contributed by atoms with E-state index in [4.69, 9.17) is 5.73 Å². The van der Waals surface area contributed by atoms with E-state index in [9.17, 15) is 4.79 Å². The zero-order chi connectivity index (χ0) is 15.0. The summed E-state index contributed by atoms with van der Waals surface area (Å²) in [7, 11) is 0. The van der Waals surface area contributed by atoms with Crippen LogP contribution in [0.1, 0.15) is 27.2 Å². The van der Waals surface area contributed by atoms with E-state index in [1.54, 1.807) is 6.07 Å². The maximum atomic E-state index is 12.6. The summed E-state index contributed by atoms with van der Waals surface area (Å²) in [4.78, 5) is 17.0. The molecular formula is C18H16N2O. The van der Waals surface area contributed by atoms with Gasteiger partial charge >= 0.3 is 0 Å². The number of para-hydroxylation sites is 1. The second kappa shape index (κ2) is 5.02. The lowest BCUT2D eigenvalue weighted by atomic mass is 10.0. The van der Waals surface area contributed by atoms with Crippen LogP contribution in [0.5, 0.6) is 0 Å². The molecule has 0 fully saturated rings. The Balaban J connectivity index is 2.11. The molecule has 3 heteroatoms. The quantitative estimate of drug-likeness (QED) is 0.727. The minimum Gasteiger partial charge on any atom is -0.398 e. The average molecular weight is 276 g/mol. The molecule has 2 N–H and O–H groups in total. The first-order chi connectivity index (χ1) is 10.1. The van der Waals surface area contributed by atoms with E-state index in [-0.39, 0.29) is 5.78 Å². The SMILES string of the molecule is Cc1ccc(C(=O)c2cc(N)c3ccccc3n2)cc1C. The minimum atomic E-state index is -0.101. The topological polar surface area (TPSA) is 56.0 Å². The van der Waals surface area contributed by atoms with Crippen LogP contribution in [0, 0.1) is 13.8 Å². The molecule has 0 saturated heterocycles. The number of nitrogens with two attached hydrogens (primary N) is 1. The molecule has 0 aliphatic rings. The van der Waals surface area contributed by atoms with Gasteiger partial charge in [0, 0.05) is 16.6 Å². The van der Waals surface area contributed by atoms with Crippen molar-refractivity contribution in [3.05, 3.63) is 70.9 Å². The van der Waals surface area contributed by atoms with Crippen LogP contribution in [0.2, 0.25) is 0 Å². The Labute approximate surface area is 123 Å². The number of carbonyl (C=O) groups is 1. The van der Waals surface area contributed by atoms with E-state index in [1.807, 2.05) is 56.3 Å². The van der Waals surface area contributed by atoms with E-state index in [0.29, 0.717) is 16.9 Å². The Hall–Kier alpha value is -2.68. The minimum absolute atomic E-state index is 0.101. The van der Waals surface area contributed by atoms with Gasteiger partial charge in [0.1, 0.15) is 5.69 Å². The molecule has 104 valence electrons. The number of aromatic nitrogens is 1. The van der Waals surface area contributed by atoms with Gasteiger partial charge in [0.25, 0.3) is 0 Å². The summed E-state index contributed by atoms with van der Waals surface area (Å²) >= 11 is 0. The van der Waals surface area contributed by atoms with Crippen molar-refractivity contribution >= 4 is 22.4 Å². The molecule has 1 heterocycles. The zero-order valence-electron chi connectivity index (χ0n) is 12.1. The maximum absolute atomic E-state index is 12.6. The molecule has 0 atom stereocenters. The van der Waals surface area contributed by atoms with Crippen LogP contribution in [-0.4, -0.2) is 10.8 Å². The Morgan fingerprint density at radius 3 is 2.52 bits per heavy atom. The highest BCUT2D eigenvalue weighted by atomic mass is 16.1. The number of benzene rings is 2. The lowest BCUT2D eigenvalue weighted by Crippen LogP contribution is -2.06. The van der Waals surface area contributed by atoms with Gasteiger partial charge in [-0.3, -0.25) is 4.79 Å². The van der Waals surface area contributed by atoms with Crippen molar-refractivity contribution in [1.82, 2.24) is 4.98 Å². The lowest BCUT2D eigenvalue weighted by molar-refractivity contribution is 0.103. The fourth-order valence-electron chi connectivity index (χ4n) is 2.35. The van der Waals surface area contributed by atoms with E-state index in [0.717, 1.165) is 22.0 Å². The van der Waals surface area contributed by atoms with Crippen molar-refractivity contribution in [3.63, 3.8) is 0 Å². The van der Waals surface area contributed by atoms with Crippen molar-refractivity contribution in [2.45, 2.75) is 13.8 Å². The predicted octanol–water partition coefficient (Wildman–Crippen LogP) is 3.66. The molecule has 21 heavy (non-hydrogen) atoms. The van der Waals surface area contributed by atoms with Gasteiger partial charge in [0.2, 0.25) is 5.78 Å². The van der Waals surface area contributed by atoms with Crippen LogP contribution in [0.25, 0.3) is 10.9 Å². The third kappa shape index (κ3) is 2.38. The molecule has 3 rings (SSSR count). The van der Waals surface area contributed by atoms with Crippen molar-refractivity contribution in [1.29, 1.82) is 0 Å². The molecule has 0 spiro atoms. The summed E-state index contributed by atoms with van der Waals surface area (Å²) in [6.07, 6.45) is 0. The van der Waals surface area contributed by atoms with Crippen LogP contribution in [0.3, 0.4) is 0 Å². The molecule has 0 amide bonds. The van der Waals surface area contributed by atoms with Crippen molar-refractivity contribution in [2.24, 2.45) is 0 Å². The zero-order valence-corrected chi connectivity index (χ0v) is 12.1. The smallest absolute Gasteiger partial charge is 0.211 e. The van der Waals surface area contributed by atoms with Crippen molar-refractivity contribution in [2.75, 3.05) is 5.73 Å². The molecule has 3 nitrogen and oxygen atoms in total. The highest BCUT2D eigenvalue weighted by Gasteiger charge is 2.13. The average Bonchev–Trinajstić information content (AvgIpc) is 2.49. The number of ketones is 1. The fraction of sp³-hybridized carbons (Fsp3) is 0.111. The lowest BCUT2D eigenvalue weighted by Gasteiger charge is -2.07. The first-order valence-corrected chi connectivity index (χ1v) is 6.83. The van der Waals surface area contributed by atoms with Gasteiger partial charge in [0.05, 0.1) is 5.52 Å². The number of hydrogen-bond acceptors (Lipinski definition) is 3. The molecule has 0 unspecified atom stereocenters. The van der Waals surface area contributed by atoms with Crippen LogP contribution in [0.4, 0.5) is 5.69 Å². The number of carbonyl (C=O) groups excluding carboxylic acids is 1. The van der Waals surface area contributed by atoms with E-state index in [2.05, 4.69) is 4.98 Å². The number of anilines is 1. The summed E-state index contributed by atoms with van der Waals surface area (Å²) in [5.41, 5.74) is 10.6. The van der Waals surface area contributed by atoms with Gasteiger partial charge in [-0.05, 0) is 43.2 Å². The summed E-state index contributed by atoms with van der Waals surface area (Å²) in [5, 5.41) is 0.870. The van der Waals surface area contributed by atoms with Gasteiger partial charge in [0.15, 0.2) is 0 Å². The Bertz CT molecular complexity index is 853. The first-order valence-electron chi connectivity index (χ1n) is 6.83. The number of nitrogen functional groups attached to an aromatic ring is 1. The highest BCUT2D eigenvalue weighted by molar-refractivity contribution is 6.10. The molecular weight excluding hydrogens is 260 g/mol. The summed E-state index contributed by atoms with van der Waals surface area (Å²) in [6, 6.07) is 14.9. The second-order valence-electron chi connectivity index (χ2n) is 5.24. The normalized spacial score (nSPS) is 10.8. The maximum Gasteiger partial charge on any atom is 0.211 e. The molecule has 2 aromatic carbocycles. The standard InChI is InChI=1S/C18H16N2O/c1-11-7-8-13(9-12(11)2)18(21)17-10-15(19)14-5-3-4-6-16(14)20-17/h3-10H,1-2H3,(H2,19,20). The predicted molar refractivity (Wildman–Crippen MR) is 85.5 cm³/mol. The number of fused-ring (bicyclic) bond motifs is 1. The van der Waals surface area contributed by atoms with Crippen LogP contribution >= 0.6 is 0 Å². The van der Waals surface area contributed by atoms with E-state index in [1.165, 1.54) is 0 Å². The van der Waals surface area contributed by atoms with Crippen LogP contribution < -0.4 is 5.73 Å². The summed E-state index contributed by atoms with van der Waals surface area (Å²) in [6.45, 7) is 4.02. The van der Waals surface area contributed by atoms with Crippen molar-refractivity contribution in [3.8, 4) is 0 Å². The van der Waals surface area contributed by atoms with Crippen molar-refractivity contribution < 1.29 is 4.79 Å². The summed E-state index contributed by atoms with van der Waals surface area (Å²) in [5.74, 6) is -0.101. The van der Waals surface area contributed by atoms with Gasteiger partial charge in [-0.25, -0.2) is 4.98 Å². The van der Waals surface area contributed by atoms with Crippen LogP contribution in [-0.2, 0) is 0 Å². The van der Waals surface area contributed by atoms with E-state index < -0.39 is 0 Å². The highest BCUT2D eigenvalue weighted by Crippen LogP contribution is 2.22. The fourth-order valence-corrected chi connectivity index (χ4v) is 2.35. The summed E-state index contributed by atoms with van der Waals surface area (Å²) < 4.78 is 0. The Morgan fingerprint density at radius 2 is 1.76 bits per heavy atom. The van der Waals surface area contributed by atoms with Gasteiger partial charge in [-0.2, -0.15) is 0 Å². The molecule has 0 radical (unpaired) electrons. The number of rotatable bonds is 2. The number of aryl methyl sites for hydroxylation is 2. The molecule has 1 aromatic heterocycles. The van der Waals surface area contributed by atoms with Gasteiger partial charge < -0.3 is 5.73 Å². The molecule has 0 aliphatic heterocycles. The monoisotopic (exact) mass is 276 g/mol. The largest absolute Gasteiger partial charge is 0.398 e. The Kier molecular flexibility index (Phi) is 3.18. The molecule has 0 aliphatic carbocycles. The molecule has 0 saturated carbocycles. The third-order valence-corrected chi connectivity index (χ3v) is 3.75. The van der Waals surface area contributed by atoms with Crippen LogP contribution in [0.15, 0.2) is 48.5 Å². The number of nitrogens with zero attached hydrogens (tertiary/aromatic N) is 1. The number of hydrogen-bond donors (Lipinski definition) is 1. The second-order valence-corrected chi connectivity index (χ2v) is 5.24. The van der Waals surface area contributed by atoms with E-state index >= 15 is 0 Å². The third-order valence-electron chi connectivity index (χ3n) is 3.75. The molecule has 3 aromatic rings. The Morgan fingerprint density at radius 1 is 1.00 bits per heavy atom. The molecule has 0 bridgehead atoms.